The second-order valence-corrected chi connectivity index (χ2v) is 9.65. The van der Waals surface area contributed by atoms with Crippen molar-refractivity contribution in [2.24, 2.45) is 0 Å². The van der Waals surface area contributed by atoms with Crippen molar-refractivity contribution in [2.45, 2.75) is 19.6 Å². The number of hydrogen-bond acceptors (Lipinski definition) is 7. The number of carbonyl (C=O) groups excluding carboxylic acids is 1. The van der Waals surface area contributed by atoms with E-state index in [1.807, 2.05) is 4.72 Å². The third-order valence-corrected chi connectivity index (χ3v) is 5.66. The highest BCUT2D eigenvalue weighted by atomic mass is 32.2. The van der Waals surface area contributed by atoms with E-state index < -0.39 is 33.6 Å². The van der Waals surface area contributed by atoms with Gasteiger partial charge < -0.3 is 4.90 Å². The third-order valence-electron chi connectivity index (χ3n) is 4.11. The molecule has 3 aromatic rings. The first-order valence-corrected chi connectivity index (χ1v) is 11.6. The van der Waals surface area contributed by atoms with Gasteiger partial charge in [0.15, 0.2) is 5.13 Å². The minimum absolute atomic E-state index is 0.0768. The number of nitrogens with zero attached hydrogens (tertiary/aromatic N) is 3. The van der Waals surface area contributed by atoms with Crippen molar-refractivity contribution < 1.29 is 30.8 Å². The molecule has 0 spiro atoms. The van der Waals surface area contributed by atoms with Crippen LogP contribution >= 0.6 is 11.3 Å². The lowest BCUT2D eigenvalue weighted by Crippen LogP contribution is -2.30. The molecule has 0 aliphatic heterocycles. The van der Waals surface area contributed by atoms with Gasteiger partial charge in [-0.25, -0.2) is 27.5 Å². The van der Waals surface area contributed by atoms with E-state index >= 15 is 0 Å². The molecule has 0 radical (unpaired) electrons. The summed E-state index contributed by atoms with van der Waals surface area (Å²) in [6.07, 6.45) is -2.78. The molecule has 170 valence electrons. The smallest absolute Gasteiger partial charge is 0.312 e. The summed E-state index contributed by atoms with van der Waals surface area (Å²) in [5, 5.41) is 0.215. The lowest BCUT2D eigenvalue weighted by molar-refractivity contribution is -0.141. The number of nitrogens with one attached hydrogen (secondary N) is 1. The molecule has 1 N–H and O–H groups in total. The molecule has 0 aliphatic rings. The SMILES string of the molecule is Cc1sc(N(Cc2ccc(F)cc2)c2ccc(C(F)(F)F)nc2)nc1C(=O)NS(C)(=O)=O. The van der Waals surface area contributed by atoms with Crippen LogP contribution in [-0.4, -0.2) is 30.5 Å². The number of rotatable bonds is 6. The number of aromatic nitrogens is 2. The van der Waals surface area contributed by atoms with Gasteiger partial charge in [0.2, 0.25) is 10.0 Å². The summed E-state index contributed by atoms with van der Waals surface area (Å²) in [6, 6.07) is 7.47. The van der Waals surface area contributed by atoms with Gasteiger partial charge in [0.05, 0.1) is 24.7 Å². The van der Waals surface area contributed by atoms with E-state index in [1.165, 1.54) is 35.2 Å². The molecule has 0 saturated carbocycles. The Morgan fingerprint density at radius 2 is 1.81 bits per heavy atom. The van der Waals surface area contributed by atoms with E-state index in [2.05, 4.69) is 9.97 Å². The Bertz CT molecular complexity index is 1220. The largest absolute Gasteiger partial charge is 0.433 e. The molecule has 0 unspecified atom stereocenters. The number of thiazole rings is 1. The molecular formula is C19H16F4N4O3S2. The molecule has 2 aromatic heterocycles. The number of amides is 1. The fraction of sp³-hybridized carbons (Fsp3) is 0.211. The zero-order valence-corrected chi connectivity index (χ0v) is 18.3. The number of aryl methyl sites for hydroxylation is 1. The molecule has 0 fully saturated rings. The van der Waals surface area contributed by atoms with Crippen molar-refractivity contribution in [1.82, 2.24) is 14.7 Å². The number of pyridine rings is 1. The van der Waals surface area contributed by atoms with Crippen LogP contribution in [0.4, 0.5) is 28.4 Å². The highest BCUT2D eigenvalue weighted by Gasteiger charge is 2.32. The monoisotopic (exact) mass is 488 g/mol. The lowest BCUT2D eigenvalue weighted by atomic mass is 10.2. The van der Waals surface area contributed by atoms with Gasteiger partial charge in [-0.3, -0.25) is 4.79 Å². The van der Waals surface area contributed by atoms with Crippen molar-refractivity contribution in [3.63, 3.8) is 0 Å². The van der Waals surface area contributed by atoms with Crippen LogP contribution in [-0.2, 0) is 22.7 Å². The van der Waals surface area contributed by atoms with Crippen LogP contribution in [0.3, 0.4) is 0 Å². The van der Waals surface area contributed by atoms with Gasteiger partial charge in [-0.2, -0.15) is 13.2 Å². The van der Waals surface area contributed by atoms with Crippen LogP contribution in [0.25, 0.3) is 0 Å². The molecule has 13 heteroatoms. The number of halogens is 4. The molecular weight excluding hydrogens is 472 g/mol. The first-order valence-electron chi connectivity index (χ1n) is 8.88. The Balaban J connectivity index is 2.02. The second-order valence-electron chi connectivity index (χ2n) is 6.72. The molecule has 0 saturated heterocycles. The highest BCUT2D eigenvalue weighted by Crippen LogP contribution is 2.34. The first kappa shape index (κ1) is 23.6. The summed E-state index contributed by atoms with van der Waals surface area (Å²) in [5.41, 5.74) is -0.363. The summed E-state index contributed by atoms with van der Waals surface area (Å²) in [6.45, 7) is 1.63. The maximum atomic E-state index is 13.3. The average molecular weight is 488 g/mol. The van der Waals surface area contributed by atoms with Gasteiger partial charge in [-0.05, 0) is 36.8 Å². The van der Waals surface area contributed by atoms with Gasteiger partial charge in [-0.15, -0.1) is 11.3 Å². The molecule has 7 nitrogen and oxygen atoms in total. The fourth-order valence-corrected chi connectivity index (χ4v) is 4.04. The standard InChI is InChI=1S/C19H16F4N4O3S2/c1-11-16(17(28)26-32(2,29)30)25-18(31-11)27(10-12-3-5-13(20)6-4-12)14-7-8-15(24-9-14)19(21,22)23/h3-9H,10H2,1-2H3,(H,26,28). The Morgan fingerprint density at radius 3 is 2.34 bits per heavy atom. The molecule has 1 amide bonds. The summed E-state index contributed by atoms with van der Waals surface area (Å²) >= 11 is 1.04. The van der Waals surface area contributed by atoms with Crippen LogP contribution in [0.15, 0.2) is 42.6 Å². The molecule has 0 atom stereocenters. The molecule has 0 aliphatic carbocycles. The highest BCUT2D eigenvalue weighted by molar-refractivity contribution is 7.89. The number of carbonyl (C=O) groups is 1. The Labute approximate surface area is 184 Å². The molecule has 3 rings (SSSR count). The second kappa shape index (κ2) is 8.82. The van der Waals surface area contributed by atoms with Crippen molar-refractivity contribution in [1.29, 1.82) is 0 Å². The Hall–Kier alpha value is -3.06. The van der Waals surface area contributed by atoms with Crippen LogP contribution in [0.5, 0.6) is 0 Å². The van der Waals surface area contributed by atoms with Crippen molar-refractivity contribution in [3.8, 4) is 0 Å². The van der Waals surface area contributed by atoms with E-state index in [0.717, 1.165) is 29.9 Å². The minimum atomic E-state index is -4.62. The van der Waals surface area contributed by atoms with Crippen LogP contribution in [0.1, 0.15) is 26.6 Å². The molecule has 1 aromatic carbocycles. The zero-order valence-electron chi connectivity index (χ0n) is 16.6. The lowest BCUT2D eigenvalue weighted by Gasteiger charge is -2.22. The van der Waals surface area contributed by atoms with Crippen molar-refractivity contribution in [3.05, 3.63) is 70.2 Å². The van der Waals surface area contributed by atoms with Crippen molar-refractivity contribution >= 4 is 38.1 Å². The van der Waals surface area contributed by atoms with Crippen LogP contribution < -0.4 is 9.62 Å². The summed E-state index contributed by atoms with van der Waals surface area (Å²) in [7, 11) is -3.82. The summed E-state index contributed by atoms with van der Waals surface area (Å²) < 4.78 is 76.5. The Morgan fingerprint density at radius 1 is 1.16 bits per heavy atom. The number of hydrogen-bond donors (Lipinski definition) is 1. The molecule has 32 heavy (non-hydrogen) atoms. The maximum absolute atomic E-state index is 13.3. The quantitative estimate of drug-likeness (QED) is 0.527. The number of benzene rings is 1. The predicted molar refractivity (Wildman–Crippen MR) is 111 cm³/mol. The van der Waals surface area contributed by atoms with Gasteiger partial charge in [-0.1, -0.05) is 12.1 Å². The summed E-state index contributed by atoms with van der Waals surface area (Å²) in [4.78, 5) is 21.8. The van der Waals surface area contributed by atoms with Gasteiger partial charge in [0, 0.05) is 4.88 Å². The number of alkyl halides is 3. The fourth-order valence-electron chi connectivity index (χ4n) is 2.68. The van der Waals surface area contributed by atoms with E-state index in [4.69, 9.17) is 0 Å². The van der Waals surface area contributed by atoms with Gasteiger partial charge in [0.1, 0.15) is 17.2 Å². The molecule has 0 bridgehead atoms. The third kappa shape index (κ3) is 5.79. The van der Waals surface area contributed by atoms with E-state index in [0.29, 0.717) is 10.4 Å². The van der Waals surface area contributed by atoms with Gasteiger partial charge >= 0.3 is 6.18 Å². The summed E-state index contributed by atoms with van der Waals surface area (Å²) in [5.74, 6) is -1.39. The van der Waals surface area contributed by atoms with Crippen molar-refractivity contribution in [2.75, 3.05) is 11.2 Å². The van der Waals surface area contributed by atoms with Crippen LogP contribution in [0.2, 0.25) is 0 Å². The Kier molecular flexibility index (Phi) is 6.51. The van der Waals surface area contributed by atoms with E-state index in [1.54, 1.807) is 6.92 Å². The minimum Gasteiger partial charge on any atom is -0.312 e. The first-order chi connectivity index (χ1) is 14.8. The molecule has 2 heterocycles. The number of anilines is 2. The topological polar surface area (TPSA) is 92.3 Å². The van der Waals surface area contributed by atoms with Crippen LogP contribution in [0, 0.1) is 12.7 Å². The number of sulfonamides is 1. The van der Waals surface area contributed by atoms with E-state index in [9.17, 15) is 30.8 Å². The normalized spacial score (nSPS) is 11.9. The average Bonchev–Trinajstić information content (AvgIpc) is 3.07. The zero-order chi connectivity index (χ0) is 23.7. The van der Waals surface area contributed by atoms with E-state index in [-0.39, 0.29) is 23.1 Å². The maximum Gasteiger partial charge on any atom is 0.433 e. The predicted octanol–water partition coefficient (Wildman–Crippen LogP) is 4.03. The van der Waals surface area contributed by atoms with Gasteiger partial charge in [0.25, 0.3) is 5.91 Å².